The van der Waals surface area contributed by atoms with Gasteiger partial charge in [-0.15, -0.1) is 21.5 Å². The van der Waals surface area contributed by atoms with E-state index >= 15 is 0 Å². The number of aromatic nitrogens is 3. The smallest absolute Gasteiger partial charge is 0.191 e. The molecule has 0 saturated carbocycles. The second-order valence-electron chi connectivity index (χ2n) is 6.32. The van der Waals surface area contributed by atoms with Crippen LogP contribution in [-0.2, 0) is 12.3 Å². The summed E-state index contributed by atoms with van der Waals surface area (Å²) in [6.45, 7) is 5.30. The topological polar surface area (TPSA) is 30.7 Å². The summed E-state index contributed by atoms with van der Waals surface area (Å²) >= 11 is 3.54. The zero-order chi connectivity index (χ0) is 17.9. The third kappa shape index (κ3) is 3.29. The summed E-state index contributed by atoms with van der Waals surface area (Å²) in [7, 11) is 0. The Labute approximate surface area is 162 Å². The molecule has 2 aromatic carbocycles. The van der Waals surface area contributed by atoms with Crippen molar-refractivity contribution in [3.05, 3.63) is 65.0 Å². The summed E-state index contributed by atoms with van der Waals surface area (Å²) in [5, 5.41) is 13.6. The predicted molar refractivity (Wildman–Crippen MR) is 112 cm³/mol. The fraction of sp³-hybridized carbons (Fsp3) is 0.238. The number of aryl methyl sites for hydroxylation is 1. The van der Waals surface area contributed by atoms with Gasteiger partial charge in [0.25, 0.3) is 0 Å². The van der Waals surface area contributed by atoms with Crippen LogP contribution in [0, 0.1) is 6.92 Å². The quantitative estimate of drug-likeness (QED) is 0.375. The summed E-state index contributed by atoms with van der Waals surface area (Å²) in [5.74, 6) is 1.90. The normalized spacial score (nSPS) is 11.3. The second-order valence-corrected chi connectivity index (χ2v) is 8.17. The first kappa shape index (κ1) is 17.3. The Morgan fingerprint density at radius 3 is 2.69 bits per heavy atom. The number of rotatable bonds is 6. The van der Waals surface area contributed by atoms with Gasteiger partial charge >= 0.3 is 0 Å². The molecular weight excluding hydrogens is 358 g/mol. The van der Waals surface area contributed by atoms with Crippen LogP contribution in [0.15, 0.2) is 59.1 Å². The van der Waals surface area contributed by atoms with Crippen molar-refractivity contribution in [2.24, 2.45) is 0 Å². The maximum Gasteiger partial charge on any atom is 0.191 e. The van der Waals surface area contributed by atoms with E-state index in [4.69, 9.17) is 0 Å². The molecule has 0 radical (unpaired) electrons. The lowest BCUT2D eigenvalue weighted by molar-refractivity contribution is 0.626. The van der Waals surface area contributed by atoms with Crippen LogP contribution in [0.5, 0.6) is 0 Å². The van der Waals surface area contributed by atoms with Crippen molar-refractivity contribution in [1.29, 1.82) is 0 Å². The van der Waals surface area contributed by atoms with Gasteiger partial charge in [-0.2, -0.15) is 0 Å². The maximum atomic E-state index is 4.56. The number of nitrogens with zero attached hydrogens (tertiary/aromatic N) is 3. The Balaban J connectivity index is 1.68. The van der Waals surface area contributed by atoms with E-state index in [0.29, 0.717) is 0 Å². The zero-order valence-corrected chi connectivity index (χ0v) is 16.6. The van der Waals surface area contributed by atoms with Crippen LogP contribution in [-0.4, -0.2) is 14.8 Å². The zero-order valence-electron chi connectivity index (χ0n) is 15.0. The highest BCUT2D eigenvalue weighted by molar-refractivity contribution is 7.98. The van der Waals surface area contributed by atoms with Crippen LogP contribution in [0.2, 0.25) is 0 Å². The molecule has 0 fully saturated rings. The van der Waals surface area contributed by atoms with E-state index in [1.165, 1.54) is 26.8 Å². The lowest BCUT2D eigenvalue weighted by Crippen LogP contribution is -2.02. The van der Waals surface area contributed by atoms with Gasteiger partial charge in [-0.1, -0.05) is 61.2 Å². The number of hydrogen-bond donors (Lipinski definition) is 0. The van der Waals surface area contributed by atoms with E-state index in [1.54, 1.807) is 23.1 Å². The van der Waals surface area contributed by atoms with Crippen LogP contribution >= 0.6 is 23.1 Å². The molecule has 4 rings (SSSR count). The number of fused-ring (bicyclic) bond motifs is 1. The predicted octanol–water partition coefficient (Wildman–Crippen LogP) is 6.17. The molecule has 0 atom stereocenters. The minimum absolute atomic E-state index is 0.916. The average Bonchev–Trinajstić information content (AvgIpc) is 3.25. The van der Waals surface area contributed by atoms with Crippen molar-refractivity contribution in [3.8, 4) is 11.4 Å². The summed E-state index contributed by atoms with van der Waals surface area (Å²) in [6, 6.07) is 17.1. The average molecular weight is 380 g/mol. The summed E-state index contributed by atoms with van der Waals surface area (Å²) in [5.41, 5.74) is 3.87. The molecule has 0 aliphatic rings. The highest BCUT2D eigenvalue weighted by atomic mass is 32.2. The number of thioether (sulfide) groups is 1. The highest BCUT2D eigenvalue weighted by Crippen LogP contribution is 2.35. The molecule has 0 N–H and O–H groups in total. The molecule has 0 aliphatic carbocycles. The number of thiophene rings is 1. The Morgan fingerprint density at radius 2 is 1.85 bits per heavy atom. The molecule has 0 amide bonds. The summed E-state index contributed by atoms with van der Waals surface area (Å²) in [4.78, 5) is 0. The van der Waals surface area contributed by atoms with E-state index in [-0.39, 0.29) is 0 Å². The van der Waals surface area contributed by atoms with Crippen LogP contribution < -0.4 is 0 Å². The van der Waals surface area contributed by atoms with E-state index in [2.05, 4.69) is 82.5 Å². The summed E-state index contributed by atoms with van der Waals surface area (Å²) < 4.78 is 3.57. The van der Waals surface area contributed by atoms with Gasteiger partial charge in [0.05, 0.1) is 0 Å². The van der Waals surface area contributed by atoms with Gasteiger partial charge in [0.1, 0.15) is 0 Å². The molecule has 0 bridgehead atoms. The van der Waals surface area contributed by atoms with Gasteiger partial charge in [0, 0.05) is 33.3 Å². The molecule has 0 aliphatic heterocycles. The summed E-state index contributed by atoms with van der Waals surface area (Å²) in [6.07, 6.45) is 1.06. The number of benzene rings is 2. The molecule has 5 heteroatoms. The molecule has 0 unspecified atom stereocenters. The van der Waals surface area contributed by atoms with Gasteiger partial charge < -0.3 is 4.57 Å². The van der Waals surface area contributed by atoms with Crippen LogP contribution in [0.1, 0.15) is 24.5 Å². The van der Waals surface area contributed by atoms with E-state index in [0.717, 1.165) is 29.7 Å². The van der Waals surface area contributed by atoms with Crippen LogP contribution in [0.3, 0.4) is 0 Å². The van der Waals surface area contributed by atoms with E-state index in [9.17, 15) is 0 Å². The fourth-order valence-corrected chi connectivity index (χ4v) is 5.07. The standard InChI is InChI=1S/C21H21N3S2/c1-3-12-24-20(18-14-25-19-11-7-6-10-17(18)19)22-23-21(24)26-13-16-9-5-4-8-15(16)2/h4-11,14H,3,12-13H2,1-2H3. The Kier molecular flexibility index (Phi) is 5.09. The second kappa shape index (κ2) is 7.64. The maximum absolute atomic E-state index is 4.56. The van der Waals surface area contributed by atoms with Gasteiger partial charge in [-0.25, -0.2) is 0 Å². The van der Waals surface area contributed by atoms with Crippen molar-refractivity contribution >= 4 is 33.2 Å². The first-order valence-electron chi connectivity index (χ1n) is 8.85. The monoisotopic (exact) mass is 379 g/mol. The Morgan fingerprint density at radius 1 is 1.04 bits per heavy atom. The van der Waals surface area contributed by atoms with Crippen molar-refractivity contribution in [1.82, 2.24) is 14.8 Å². The largest absolute Gasteiger partial charge is 0.302 e. The molecule has 2 heterocycles. The minimum atomic E-state index is 0.916. The molecule has 132 valence electrons. The molecule has 4 aromatic rings. The molecule has 26 heavy (non-hydrogen) atoms. The van der Waals surface area contributed by atoms with Crippen LogP contribution in [0.25, 0.3) is 21.5 Å². The van der Waals surface area contributed by atoms with Crippen molar-refractivity contribution < 1.29 is 0 Å². The minimum Gasteiger partial charge on any atom is -0.302 e. The third-order valence-electron chi connectivity index (χ3n) is 4.50. The van der Waals surface area contributed by atoms with Crippen molar-refractivity contribution in [3.63, 3.8) is 0 Å². The van der Waals surface area contributed by atoms with Crippen molar-refractivity contribution in [2.45, 2.75) is 37.7 Å². The Bertz CT molecular complexity index is 1030. The molecule has 0 saturated heterocycles. The first-order chi connectivity index (χ1) is 12.8. The van der Waals surface area contributed by atoms with Gasteiger partial charge in [0.15, 0.2) is 11.0 Å². The SMILES string of the molecule is CCCn1c(SCc2ccccc2C)nnc1-c1csc2ccccc12. The molecule has 0 spiro atoms. The third-order valence-corrected chi connectivity index (χ3v) is 6.48. The number of hydrogen-bond acceptors (Lipinski definition) is 4. The lowest BCUT2D eigenvalue weighted by Gasteiger charge is -2.09. The van der Waals surface area contributed by atoms with Crippen molar-refractivity contribution in [2.75, 3.05) is 0 Å². The molecule has 2 aromatic heterocycles. The van der Waals surface area contributed by atoms with E-state index in [1.807, 2.05) is 0 Å². The van der Waals surface area contributed by atoms with Gasteiger partial charge in [-0.3, -0.25) is 0 Å². The van der Waals surface area contributed by atoms with E-state index < -0.39 is 0 Å². The lowest BCUT2D eigenvalue weighted by atomic mass is 10.1. The van der Waals surface area contributed by atoms with Gasteiger partial charge in [-0.05, 0) is 30.5 Å². The van der Waals surface area contributed by atoms with Crippen LogP contribution in [0.4, 0.5) is 0 Å². The fourth-order valence-electron chi connectivity index (χ4n) is 3.09. The first-order valence-corrected chi connectivity index (χ1v) is 10.7. The Hall–Kier alpha value is -2.11. The molecule has 3 nitrogen and oxygen atoms in total. The molecular formula is C21H21N3S2. The highest BCUT2D eigenvalue weighted by Gasteiger charge is 2.17. The van der Waals surface area contributed by atoms with Gasteiger partial charge in [0.2, 0.25) is 0 Å².